The molecule has 0 amide bonds. The third kappa shape index (κ3) is 4.72. The number of methoxy groups -OCH3 is 1. The van der Waals surface area contributed by atoms with Crippen LogP contribution in [0.3, 0.4) is 0 Å². The van der Waals surface area contributed by atoms with Gasteiger partial charge in [-0.05, 0) is 49.7 Å². The fourth-order valence-electron chi connectivity index (χ4n) is 4.90. The van der Waals surface area contributed by atoms with Crippen molar-refractivity contribution in [1.29, 1.82) is 0 Å². The fourth-order valence-corrected chi connectivity index (χ4v) is 5.26. The van der Waals surface area contributed by atoms with Gasteiger partial charge in [0.25, 0.3) is 0 Å². The number of pyridine rings is 1. The van der Waals surface area contributed by atoms with E-state index in [1.165, 1.54) is 33.2 Å². The Kier molecular flexibility index (Phi) is 6.66. The van der Waals surface area contributed by atoms with Crippen molar-refractivity contribution in [3.8, 4) is 11.3 Å². The first-order chi connectivity index (χ1) is 16.7. The van der Waals surface area contributed by atoms with E-state index in [0.29, 0.717) is 21.0 Å². The number of fused-ring (bicyclic) bond motifs is 5. The minimum atomic E-state index is -4.74. The second kappa shape index (κ2) is 9.05. The summed E-state index contributed by atoms with van der Waals surface area (Å²) in [6.07, 6.45) is -8.84. The Morgan fingerprint density at radius 3 is 2.42 bits per heavy atom. The van der Waals surface area contributed by atoms with Crippen LogP contribution >= 0.6 is 15.9 Å². The largest absolute Gasteiger partial charge is 0.456 e. The Labute approximate surface area is 210 Å². The zero-order valence-corrected chi connectivity index (χ0v) is 20.9. The lowest BCUT2D eigenvalue weighted by Crippen LogP contribution is -2.40. The van der Waals surface area contributed by atoms with Crippen LogP contribution in [-0.2, 0) is 20.8 Å². The van der Waals surface area contributed by atoms with Crippen molar-refractivity contribution in [3.05, 3.63) is 52.3 Å². The van der Waals surface area contributed by atoms with Crippen molar-refractivity contribution < 1.29 is 40.6 Å². The van der Waals surface area contributed by atoms with Gasteiger partial charge < -0.3 is 14.0 Å². The molecular formula is C24H21BrF6N2O3. The summed E-state index contributed by atoms with van der Waals surface area (Å²) in [5.74, 6) is -2.18. The van der Waals surface area contributed by atoms with Gasteiger partial charge in [-0.25, -0.2) is 0 Å². The van der Waals surface area contributed by atoms with E-state index in [9.17, 15) is 31.1 Å². The van der Waals surface area contributed by atoms with Gasteiger partial charge in [-0.1, -0.05) is 15.9 Å². The molecule has 4 rings (SSSR count). The number of hydrogen-bond donors (Lipinski definition) is 0. The summed E-state index contributed by atoms with van der Waals surface area (Å²) in [6.45, 7) is -0.323. The van der Waals surface area contributed by atoms with E-state index in [-0.39, 0.29) is 16.9 Å². The Morgan fingerprint density at radius 1 is 1.11 bits per heavy atom. The molecule has 0 saturated heterocycles. The number of carbonyl (C=O) groups excluding carboxylic acids is 1. The van der Waals surface area contributed by atoms with E-state index >= 15 is 0 Å². The topological polar surface area (TPSA) is 53.4 Å². The van der Waals surface area contributed by atoms with E-state index in [0.717, 1.165) is 4.57 Å². The van der Waals surface area contributed by atoms with Crippen molar-refractivity contribution in [2.24, 2.45) is 5.41 Å². The van der Waals surface area contributed by atoms with Gasteiger partial charge in [-0.2, -0.15) is 26.3 Å². The molecule has 0 bridgehead atoms. The number of alkyl halides is 6. The molecule has 0 spiro atoms. The summed E-state index contributed by atoms with van der Waals surface area (Å²) in [5, 5.41) is 0.405. The van der Waals surface area contributed by atoms with Crippen LogP contribution in [0.2, 0.25) is 0 Å². The molecule has 1 aromatic carbocycles. The molecule has 1 unspecified atom stereocenters. The lowest BCUT2D eigenvalue weighted by Gasteiger charge is -2.41. The van der Waals surface area contributed by atoms with Crippen LogP contribution in [0.4, 0.5) is 26.3 Å². The van der Waals surface area contributed by atoms with Crippen LogP contribution in [0.1, 0.15) is 37.1 Å². The summed E-state index contributed by atoms with van der Waals surface area (Å²) >= 11 is 3.35. The highest BCUT2D eigenvalue weighted by Crippen LogP contribution is 2.57. The van der Waals surface area contributed by atoms with E-state index in [2.05, 4.69) is 25.7 Å². The molecule has 0 N–H and O–H groups in total. The number of carbonyl (C=O) groups is 1. The van der Waals surface area contributed by atoms with Crippen LogP contribution in [0.25, 0.3) is 22.2 Å². The molecule has 194 valence electrons. The Balaban J connectivity index is 2.04. The molecule has 2 aromatic heterocycles. The SMILES string of the molecule is CO[C@@H]1c2ncccc2-c2c(c3cc(Br)ccc3n2CC(F)(F)F)C1C(C)(C)C(=O)OCC(F)(F)F. The Hall–Kier alpha value is -2.60. The van der Waals surface area contributed by atoms with Crippen molar-refractivity contribution in [2.75, 3.05) is 13.7 Å². The molecule has 0 saturated carbocycles. The third-order valence-corrected chi connectivity index (χ3v) is 6.80. The number of halogens is 7. The lowest BCUT2D eigenvalue weighted by atomic mass is 9.67. The maximum absolute atomic E-state index is 13.7. The van der Waals surface area contributed by atoms with Crippen molar-refractivity contribution in [1.82, 2.24) is 9.55 Å². The Bertz CT molecular complexity index is 1320. The minimum Gasteiger partial charge on any atom is -0.456 e. The van der Waals surface area contributed by atoms with Gasteiger partial charge in [0.05, 0.1) is 16.8 Å². The summed E-state index contributed by atoms with van der Waals surface area (Å²) in [7, 11) is 1.35. The second-order valence-electron chi connectivity index (χ2n) is 9.11. The average molecular weight is 579 g/mol. The highest BCUT2D eigenvalue weighted by Gasteiger charge is 2.51. The summed E-state index contributed by atoms with van der Waals surface area (Å²) in [6, 6.07) is 7.92. The maximum atomic E-state index is 13.7. The number of benzene rings is 1. The summed E-state index contributed by atoms with van der Waals surface area (Å²) < 4.78 is 91.7. The number of ether oxygens (including phenoxy) is 2. The van der Waals surface area contributed by atoms with Crippen molar-refractivity contribution in [3.63, 3.8) is 0 Å². The third-order valence-electron chi connectivity index (χ3n) is 6.30. The monoisotopic (exact) mass is 578 g/mol. The lowest BCUT2D eigenvalue weighted by molar-refractivity contribution is -0.194. The molecule has 0 radical (unpaired) electrons. The predicted molar refractivity (Wildman–Crippen MR) is 122 cm³/mol. The van der Waals surface area contributed by atoms with E-state index in [4.69, 9.17) is 4.74 Å². The molecule has 2 atom stereocenters. The van der Waals surface area contributed by atoms with Gasteiger partial charge in [0.2, 0.25) is 0 Å². The molecular weight excluding hydrogens is 558 g/mol. The zero-order chi connectivity index (χ0) is 26.6. The second-order valence-corrected chi connectivity index (χ2v) is 10.0. The van der Waals surface area contributed by atoms with Crippen LogP contribution in [-0.4, -0.2) is 41.6 Å². The first kappa shape index (κ1) is 26.5. The van der Waals surface area contributed by atoms with Gasteiger partial charge in [0.15, 0.2) is 6.61 Å². The average Bonchev–Trinajstić information content (AvgIpc) is 3.07. The quantitative estimate of drug-likeness (QED) is 0.243. The van der Waals surface area contributed by atoms with E-state index < -0.39 is 48.9 Å². The molecule has 2 heterocycles. The van der Waals surface area contributed by atoms with Crippen LogP contribution in [0.15, 0.2) is 41.0 Å². The molecule has 36 heavy (non-hydrogen) atoms. The maximum Gasteiger partial charge on any atom is 0.422 e. The van der Waals surface area contributed by atoms with E-state index in [1.807, 2.05) is 0 Å². The van der Waals surface area contributed by atoms with Gasteiger partial charge in [0.1, 0.15) is 12.6 Å². The molecule has 3 aromatic rings. The summed E-state index contributed by atoms with van der Waals surface area (Å²) in [4.78, 5) is 17.4. The van der Waals surface area contributed by atoms with Crippen LogP contribution in [0, 0.1) is 5.41 Å². The zero-order valence-electron chi connectivity index (χ0n) is 19.3. The van der Waals surface area contributed by atoms with Crippen LogP contribution in [0.5, 0.6) is 0 Å². The normalized spacial score (nSPS) is 18.2. The molecule has 12 heteroatoms. The number of aromatic nitrogens is 2. The van der Waals surface area contributed by atoms with E-state index in [1.54, 1.807) is 24.3 Å². The predicted octanol–water partition coefficient (Wildman–Crippen LogP) is 6.94. The summed E-state index contributed by atoms with van der Waals surface area (Å²) in [5.41, 5.74) is -0.215. The van der Waals surface area contributed by atoms with Gasteiger partial charge >= 0.3 is 18.3 Å². The number of rotatable bonds is 5. The first-order valence-electron chi connectivity index (χ1n) is 10.8. The highest BCUT2D eigenvalue weighted by molar-refractivity contribution is 9.10. The van der Waals surface area contributed by atoms with Crippen molar-refractivity contribution >= 4 is 32.8 Å². The number of nitrogens with zero attached hydrogens (tertiary/aromatic N) is 2. The first-order valence-corrected chi connectivity index (χ1v) is 11.6. The molecule has 0 fully saturated rings. The number of esters is 1. The van der Waals surface area contributed by atoms with Crippen LogP contribution < -0.4 is 0 Å². The molecule has 1 aliphatic rings. The minimum absolute atomic E-state index is 0.179. The highest BCUT2D eigenvalue weighted by atomic mass is 79.9. The smallest absolute Gasteiger partial charge is 0.422 e. The molecule has 0 aliphatic heterocycles. The van der Waals surface area contributed by atoms with Gasteiger partial charge in [-0.15, -0.1) is 0 Å². The molecule has 1 aliphatic carbocycles. The fraction of sp³-hybridized carbons (Fsp3) is 0.417. The number of hydrogen-bond acceptors (Lipinski definition) is 4. The standard InChI is InChI=1S/C24H21BrF6N2O3/c1-22(2,21(34)36-11-24(29,30)31)17-16-14-9-12(25)6-7-15(14)33(10-23(26,27)28)19(16)13-5-4-8-32-18(13)20(17)35-3/h4-9,17,20H,10-11H2,1-3H3/t17?,20-/m0/s1. The van der Waals surface area contributed by atoms with Crippen molar-refractivity contribution in [2.45, 2.75) is 44.8 Å². The van der Waals surface area contributed by atoms with Gasteiger partial charge in [-0.3, -0.25) is 9.78 Å². The Morgan fingerprint density at radius 2 is 1.81 bits per heavy atom. The van der Waals surface area contributed by atoms with Gasteiger partial charge in [0, 0.05) is 40.2 Å². The molecule has 5 nitrogen and oxygen atoms in total.